The van der Waals surface area contributed by atoms with E-state index in [0.29, 0.717) is 0 Å². The minimum absolute atomic E-state index is 0.747. The van der Waals surface area contributed by atoms with Gasteiger partial charge in [0.2, 0.25) is 0 Å². The van der Waals surface area contributed by atoms with Gasteiger partial charge in [0.05, 0.1) is 0 Å². The summed E-state index contributed by atoms with van der Waals surface area (Å²) in [4.78, 5) is 0. The molecule has 0 amide bonds. The summed E-state index contributed by atoms with van der Waals surface area (Å²) in [7, 11) is 0. The monoisotopic (exact) mass is 153 g/mol. The Hall–Kier alpha value is 0.543. The summed E-state index contributed by atoms with van der Waals surface area (Å²) >= 11 is 0.910. The van der Waals surface area contributed by atoms with Crippen LogP contribution in [0.2, 0.25) is 0 Å². The summed E-state index contributed by atoms with van der Waals surface area (Å²) in [6.45, 7) is 4.28. The van der Waals surface area contributed by atoms with Crippen LogP contribution in [0.4, 0.5) is 0 Å². The van der Waals surface area contributed by atoms with Gasteiger partial charge in [0.25, 0.3) is 0 Å². The van der Waals surface area contributed by atoms with Gasteiger partial charge in [-0.3, -0.25) is 0 Å². The zero-order chi connectivity index (χ0) is 5.54. The molecular weight excluding hydrogens is 145 g/mol. The summed E-state index contributed by atoms with van der Waals surface area (Å²) in [5.74, 6) is 0. The van der Waals surface area contributed by atoms with E-state index >= 15 is 0 Å². The van der Waals surface area contributed by atoms with Crippen LogP contribution in [0.15, 0.2) is 0 Å². The van der Waals surface area contributed by atoms with Gasteiger partial charge in [-0.15, -0.1) is 0 Å². The zero-order valence-electron chi connectivity index (χ0n) is 4.64. The van der Waals surface area contributed by atoms with Crippen molar-refractivity contribution >= 4 is 0 Å². The molecular formula is C4H9O2Zn. The third-order valence-corrected chi connectivity index (χ3v) is 1.18. The van der Waals surface area contributed by atoms with Gasteiger partial charge in [-0.1, -0.05) is 0 Å². The molecule has 0 rings (SSSR count). The van der Waals surface area contributed by atoms with E-state index in [2.05, 4.69) is 0 Å². The first kappa shape index (κ1) is 7.54. The Balaban J connectivity index is 2.45. The summed E-state index contributed by atoms with van der Waals surface area (Å²) in [5.41, 5.74) is 0. The fourth-order valence-corrected chi connectivity index (χ4v) is 0.509. The van der Waals surface area contributed by atoms with Crippen LogP contribution >= 0.6 is 0 Å². The van der Waals surface area contributed by atoms with E-state index in [1.165, 1.54) is 0 Å². The van der Waals surface area contributed by atoms with Crippen molar-refractivity contribution in [2.75, 3.05) is 19.8 Å². The molecule has 0 N–H and O–H groups in total. The SMILES string of the molecule is CCOCC[O][Zn]. The molecule has 0 bridgehead atoms. The molecule has 0 saturated heterocycles. The van der Waals surface area contributed by atoms with E-state index in [1.54, 1.807) is 0 Å². The van der Waals surface area contributed by atoms with Crippen LogP contribution in [0.25, 0.3) is 0 Å². The van der Waals surface area contributed by atoms with Gasteiger partial charge in [-0.05, 0) is 0 Å². The van der Waals surface area contributed by atoms with Crippen molar-refractivity contribution in [1.82, 2.24) is 0 Å². The van der Waals surface area contributed by atoms with E-state index in [1.807, 2.05) is 6.92 Å². The Morgan fingerprint density at radius 3 is 2.57 bits per heavy atom. The van der Waals surface area contributed by atoms with Crippen molar-refractivity contribution < 1.29 is 27.0 Å². The van der Waals surface area contributed by atoms with Gasteiger partial charge in [-0.2, -0.15) is 0 Å². The Labute approximate surface area is 54.3 Å². The Morgan fingerprint density at radius 2 is 2.14 bits per heavy atom. The number of rotatable bonds is 4. The second-order valence-electron chi connectivity index (χ2n) is 1.11. The molecule has 0 spiro atoms. The number of hydrogen-bond acceptors (Lipinski definition) is 2. The van der Waals surface area contributed by atoms with E-state index < -0.39 is 0 Å². The van der Waals surface area contributed by atoms with Crippen molar-refractivity contribution in [2.45, 2.75) is 6.92 Å². The normalized spacial score (nSPS) is 9.57. The molecule has 0 heterocycles. The zero-order valence-corrected chi connectivity index (χ0v) is 7.61. The number of hydrogen-bond donors (Lipinski definition) is 0. The standard InChI is InChI=1S/C4H9O2.Zn/c1-2-6-4-3-5;/h2-4H2,1H3;/q-1;+1. The van der Waals surface area contributed by atoms with Crippen LogP contribution in [-0.2, 0) is 27.0 Å². The fraction of sp³-hybridized carbons (Fsp3) is 1.00. The van der Waals surface area contributed by atoms with E-state index in [-0.39, 0.29) is 0 Å². The van der Waals surface area contributed by atoms with Crippen LogP contribution < -0.4 is 0 Å². The van der Waals surface area contributed by atoms with E-state index in [9.17, 15) is 0 Å². The van der Waals surface area contributed by atoms with E-state index in [4.69, 9.17) is 8.30 Å². The fourth-order valence-electron chi connectivity index (χ4n) is 0.262. The molecule has 0 radical (unpaired) electrons. The molecule has 0 aromatic rings. The van der Waals surface area contributed by atoms with Crippen molar-refractivity contribution in [2.24, 2.45) is 0 Å². The van der Waals surface area contributed by atoms with Crippen molar-refractivity contribution in [1.29, 1.82) is 0 Å². The molecule has 3 heteroatoms. The molecule has 0 saturated carbocycles. The molecule has 0 aromatic heterocycles. The van der Waals surface area contributed by atoms with Crippen molar-refractivity contribution in [3.63, 3.8) is 0 Å². The first-order valence-corrected chi connectivity index (χ1v) is 3.57. The van der Waals surface area contributed by atoms with Crippen LogP contribution in [0.3, 0.4) is 0 Å². The molecule has 0 unspecified atom stereocenters. The van der Waals surface area contributed by atoms with Crippen LogP contribution in [0.5, 0.6) is 0 Å². The Kier molecular flexibility index (Phi) is 7.05. The molecule has 0 aliphatic rings. The number of ether oxygens (including phenoxy) is 1. The van der Waals surface area contributed by atoms with Gasteiger partial charge < -0.3 is 0 Å². The quantitative estimate of drug-likeness (QED) is 0.434. The topological polar surface area (TPSA) is 18.5 Å². The molecule has 0 aliphatic carbocycles. The second-order valence-corrected chi connectivity index (χ2v) is 1.96. The van der Waals surface area contributed by atoms with Gasteiger partial charge in [0.1, 0.15) is 0 Å². The van der Waals surface area contributed by atoms with E-state index in [0.717, 1.165) is 38.5 Å². The van der Waals surface area contributed by atoms with Crippen LogP contribution in [-0.4, -0.2) is 19.8 Å². The average molecular weight is 155 g/mol. The molecule has 2 nitrogen and oxygen atoms in total. The first-order chi connectivity index (χ1) is 3.41. The Bertz CT molecular complexity index is 28.9. The van der Waals surface area contributed by atoms with Crippen LogP contribution in [0.1, 0.15) is 6.92 Å². The maximum atomic E-state index is 4.97. The molecule has 0 atom stereocenters. The molecule has 7 heavy (non-hydrogen) atoms. The molecule has 39 valence electrons. The second kappa shape index (κ2) is 6.54. The summed E-state index contributed by atoms with van der Waals surface area (Å²) in [6.07, 6.45) is 0. The summed E-state index contributed by atoms with van der Waals surface area (Å²) in [5, 5.41) is 0. The molecule has 0 fully saturated rings. The summed E-state index contributed by atoms with van der Waals surface area (Å²) in [6, 6.07) is 0. The van der Waals surface area contributed by atoms with Gasteiger partial charge in [0.15, 0.2) is 0 Å². The van der Waals surface area contributed by atoms with Gasteiger partial charge >= 0.3 is 53.7 Å². The van der Waals surface area contributed by atoms with Crippen molar-refractivity contribution in [3.05, 3.63) is 0 Å². The maximum absolute atomic E-state index is 4.97. The predicted molar refractivity (Wildman–Crippen MR) is 22.4 cm³/mol. The third-order valence-electron chi connectivity index (χ3n) is 0.576. The third kappa shape index (κ3) is 6.54. The molecule has 0 aliphatic heterocycles. The summed E-state index contributed by atoms with van der Waals surface area (Å²) < 4.78 is 9.81. The molecule has 0 aromatic carbocycles. The minimum atomic E-state index is 0.747. The first-order valence-electron chi connectivity index (χ1n) is 2.36. The Morgan fingerprint density at radius 1 is 1.43 bits per heavy atom. The average Bonchev–Trinajstić information content (AvgIpc) is 1.69. The predicted octanol–water partition coefficient (Wildman–Crippen LogP) is 0.501. The van der Waals surface area contributed by atoms with Gasteiger partial charge in [0, 0.05) is 0 Å². The van der Waals surface area contributed by atoms with Crippen molar-refractivity contribution in [3.8, 4) is 0 Å². The van der Waals surface area contributed by atoms with Crippen LogP contribution in [0, 0.1) is 0 Å². The van der Waals surface area contributed by atoms with Gasteiger partial charge in [-0.25, -0.2) is 0 Å².